The highest BCUT2D eigenvalue weighted by molar-refractivity contribution is 6.83. The summed E-state index contributed by atoms with van der Waals surface area (Å²) in [5.41, 5.74) is 1.42. The fraction of sp³-hybridized carbons (Fsp3) is 0.818. The summed E-state index contributed by atoms with van der Waals surface area (Å²) in [6, 6.07) is 0. The minimum absolute atomic E-state index is 0.709. The molecule has 1 nitrogen and oxygen atoms in total. The van der Waals surface area contributed by atoms with Crippen LogP contribution in [0.5, 0.6) is 0 Å². The van der Waals surface area contributed by atoms with E-state index in [4.69, 9.17) is 4.43 Å². The zero-order chi connectivity index (χ0) is 10.1. The molecule has 1 fully saturated rings. The molecule has 0 saturated carbocycles. The van der Waals surface area contributed by atoms with Gasteiger partial charge >= 0.3 is 0 Å². The molecule has 0 radical (unpaired) electrons. The molecule has 0 atom stereocenters. The van der Waals surface area contributed by atoms with Crippen LogP contribution in [0.2, 0.25) is 11.1 Å². The Labute approximate surface area is 83.3 Å². The number of rotatable bonds is 2. The molecule has 0 spiro atoms. The van der Waals surface area contributed by atoms with Crippen molar-refractivity contribution in [2.24, 2.45) is 0 Å². The highest BCUT2D eigenvalue weighted by Crippen LogP contribution is 2.44. The summed E-state index contributed by atoms with van der Waals surface area (Å²) >= 11 is 0. The third kappa shape index (κ3) is 1.62. The fourth-order valence-electron chi connectivity index (χ4n) is 2.73. The highest BCUT2D eigenvalue weighted by atomic mass is 28.4. The van der Waals surface area contributed by atoms with Crippen molar-refractivity contribution < 1.29 is 4.43 Å². The van der Waals surface area contributed by atoms with Crippen molar-refractivity contribution in [2.45, 2.75) is 52.1 Å². The maximum absolute atomic E-state index is 6.14. The van der Waals surface area contributed by atoms with E-state index in [0.29, 0.717) is 11.1 Å². The van der Waals surface area contributed by atoms with Gasteiger partial charge in [-0.1, -0.05) is 39.0 Å². The van der Waals surface area contributed by atoms with Crippen molar-refractivity contribution in [3.05, 3.63) is 11.3 Å². The van der Waals surface area contributed by atoms with Crippen LogP contribution >= 0.6 is 0 Å². The second-order valence-corrected chi connectivity index (χ2v) is 9.34. The topological polar surface area (TPSA) is 9.23 Å². The first kappa shape index (κ1) is 11.0. The van der Waals surface area contributed by atoms with Crippen molar-refractivity contribution in [1.82, 2.24) is 0 Å². The molecule has 0 unspecified atom stereocenters. The standard InChI is InChI=1S/C11H22OSi/c1-6-11-7-8-12-13(11,9(2)3)10(4)5/h6,9-10H,7-8H2,1-5H3/b11-6+. The highest BCUT2D eigenvalue weighted by Gasteiger charge is 2.48. The van der Waals surface area contributed by atoms with E-state index in [9.17, 15) is 0 Å². The van der Waals surface area contributed by atoms with Crippen LogP contribution in [0.25, 0.3) is 0 Å². The molecular weight excluding hydrogens is 176 g/mol. The molecule has 0 aliphatic carbocycles. The average Bonchev–Trinajstić information content (AvgIpc) is 2.47. The molecule has 2 heteroatoms. The first-order valence-corrected chi connectivity index (χ1v) is 7.41. The first-order valence-electron chi connectivity index (χ1n) is 5.35. The van der Waals surface area contributed by atoms with Crippen molar-refractivity contribution in [1.29, 1.82) is 0 Å². The summed E-state index contributed by atoms with van der Waals surface area (Å²) < 4.78 is 6.14. The fourth-order valence-corrected chi connectivity index (χ4v) is 7.78. The summed E-state index contributed by atoms with van der Waals surface area (Å²) in [4.78, 5) is 0. The summed E-state index contributed by atoms with van der Waals surface area (Å²) in [7, 11) is -1.56. The van der Waals surface area contributed by atoms with Gasteiger partial charge in [0.1, 0.15) is 0 Å². The molecule has 13 heavy (non-hydrogen) atoms. The summed E-state index contributed by atoms with van der Waals surface area (Å²) in [5.74, 6) is 0. The van der Waals surface area contributed by atoms with Crippen LogP contribution in [0.1, 0.15) is 41.0 Å². The van der Waals surface area contributed by atoms with Gasteiger partial charge in [-0.05, 0) is 24.4 Å². The van der Waals surface area contributed by atoms with Crippen LogP contribution in [-0.4, -0.2) is 14.9 Å². The largest absolute Gasteiger partial charge is 0.412 e. The van der Waals surface area contributed by atoms with Gasteiger partial charge < -0.3 is 4.43 Å². The van der Waals surface area contributed by atoms with Gasteiger partial charge in [-0.25, -0.2) is 0 Å². The van der Waals surface area contributed by atoms with Gasteiger partial charge in [0.15, 0.2) is 0 Å². The maximum Gasteiger partial charge on any atom is 0.225 e. The van der Waals surface area contributed by atoms with E-state index in [-0.39, 0.29) is 0 Å². The van der Waals surface area contributed by atoms with Gasteiger partial charge in [-0.2, -0.15) is 0 Å². The molecule has 0 bridgehead atoms. The minimum atomic E-state index is -1.56. The molecule has 1 rings (SSSR count). The van der Waals surface area contributed by atoms with E-state index in [1.54, 1.807) is 5.20 Å². The molecule has 76 valence electrons. The van der Waals surface area contributed by atoms with Crippen LogP contribution < -0.4 is 0 Å². The van der Waals surface area contributed by atoms with Crippen molar-refractivity contribution in [3.63, 3.8) is 0 Å². The summed E-state index contributed by atoms with van der Waals surface area (Å²) in [6.07, 6.45) is 3.48. The monoisotopic (exact) mass is 198 g/mol. The predicted molar refractivity (Wildman–Crippen MR) is 60.3 cm³/mol. The third-order valence-corrected chi connectivity index (χ3v) is 8.93. The lowest BCUT2D eigenvalue weighted by Gasteiger charge is -2.35. The summed E-state index contributed by atoms with van der Waals surface area (Å²) in [6.45, 7) is 12.4. The van der Waals surface area contributed by atoms with E-state index >= 15 is 0 Å². The van der Waals surface area contributed by atoms with Gasteiger partial charge in [-0.15, -0.1) is 0 Å². The molecule has 0 amide bonds. The Bertz CT molecular complexity index is 198. The van der Waals surface area contributed by atoms with Crippen molar-refractivity contribution in [2.75, 3.05) is 6.61 Å². The second kappa shape index (κ2) is 3.97. The molecule has 1 heterocycles. The van der Waals surface area contributed by atoms with Crippen molar-refractivity contribution in [3.8, 4) is 0 Å². The first-order chi connectivity index (χ1) is 6.05. The Balaban J connectivity index is 3.03. The van der Waals surface area contributed by atoms with Crippen LogP contribution in [0.15, 0.2) is 11.3 Å². The molecule has 1 aliphatic rings. The smallest absolute Gasteiger partial charge is 0.225 e. The predicted octanol–water partition coefficient (Wildman–Crippen LogP) is 3.66. The van der Waals surface area contributed by atoms with E-state index in [2.05, 4.69) is 40.7 Å². The Morgan fingerprint density at radius 2 is 1.77 bits per heavy atom. The molecule has 1 saturated heterocycles. The SMILES string of the molecule is C/C=C1\CCO[Si]1(C(C)C)C(C)C. The number of allylic oxidation sites excluding steroid dienone is 1. The van der Waals surface area contributed by atoms with E-state index in [1.807, 2.05) is 0 Å². The normalized spacial score (nSPS) is 25.0. The van der Waals surface area contributed by atoms with Crippen LogP contribution in [0, 0.1) is 0 Å². The van der Waals surface area contributed by atoms with Crippen LogP contribution in [0.4, 0.5) is 0 Å². The van der Waals surface area contributed by atoms with E-state index in [1.165, 1.54) is 6.42 Å². The Kier molecular flexibility index (Phi) is 3.36. The van der Waals surface area contributed by atoms with Gasteiger partial charge in [-0.3, -0.25) is 0 Å². The Morgan fingerprint density at radius 3 is 2.08 bits per heavy atom. The molecule has 0 aromatic rings. The number of hydrogen-bond donors (Lipinski definition) is 0. The minimum Gasteiger partial charge on any atom is -0.412 e. The lowest BCUT2D eigenvalue weighted by atomic mass is 10.4. The van der Waals surface area contributed by atoms with Gasteiger partial charge in [0, 0.05) is 6.61 Å². The quantitative estimate of drug-likeness (QED) is 0.615. The lowest BCUT2D eigenvalue weighted by molar-refractivity contribution is 0.329. The molecule has 0 N–H and O–H groups in total. The van der Waals surface area contributed by atoms with E-state index < -0.39 is 8.32 Å². The zero-order valence-corrected chi connectivity index (χ0v) is 10.6. The van der Waals surface area contributed by atoms with Crippen molar-refractivity contribution >= 4 is 8.32 Å². The molecular formula is C11H22OSi. The number of hydrogen-bond acceptors (Lipinski definition) is 1. The average molecular weight is 198 g/mol. The van der Waals surface area contributed by atoms with Crippen LogP contribution in [-0.2, 0) is 4.43 Å². The molecule has 1 aliphatic heterocycles. The van der Waals surface area contributed by atoms with Gasteiger partial charge in [0.05, 0.1) is 0 Å². The van der Waals surface area contributed by atoms with Gasteiger partial charge in [0.2, 0.25) is 8.32 Å². The molecule has 0 aromatic carbocycles. The van der Waals surface area contributed by atoms with E-state index in [0.717, 1.165) is 6.61 Å². The lowest BCUT2D eigenvalue weighted by Crippen LogP contribution is -2.42. The van der Waals surface area contributed by atoms with Crippen LogP contribution in [0.3, 0.4) is 0 Å². The Morgan fingerprint density at radius 1 is 1.23 bits per heavy atom. The Hall–Kier alpha value is -0.0831. The maximum atomic E-state index is 6.14. The third-order valence-electron chi connectivity index (χ3n) is 3.28. The zero-order valence-electron chi connectivity index (χ0n) is 9.55. The van der Waals surface area contributed by atoms with Gasteiger partial charge in [0.25, 0.3) is 0 Å². The second-order valence-electron chi connectivity index (χ2n) is 4.51. The summed E-state index contributed by atoms with van der Waals surface area (Å²) in [5, 5.41) is 1.64. The molecule has 0 aromatic heterocycles.